The molecule has 2 aromatic rings. The molecule has 2 aromatic heterocycles. The molecule has 0 fully saturated rings. The summed E-state index contributed by atoms with van der Waals surface area (Å²) in [4.78, 5) is 7.29. The van der Waals surface area contributed by atoms with Gasteiger partial charge in [0.15, 0.2) is 0 Å². The van der Waals surface area contributed by atoms with Gasteiger partial charge in [0.25, 0.3) is 0 Å². The van der Waals surface area contributed by atoms with E-state index in [2.05, 4.69) is 25.9 Å². The fourth-order valence-corrected chi connectivity index (χ4v) is 1.62. The standard InChI is InChI=1S/C12H8BrF3N2O/c1-7-4-5-17-11(10(7)13)19-8-2-3-9(18-6-8)12(14,15)16/h2-6H,1H3. The third kappa shape index (κ3) is 3.23. The van der Waals surface area contributed by atoms with Gasteiger partial charge in [-0.2, -0.15) is 13.2 Å². The van der Waals surface area contributed by atoms with Crippen molar-refractivity contribution >= 4 is 15.9 Å². The van der Waals surface area contributed by atoms with Gasteiger partial charge in [-0.25, -0.2) is 9.97 Å². The summed E-state index contributed by atoms with van der Waals surface area (Å²) in [7, 11) is 0. The van der Waals surface area contributed by atoms with Crippen molar-refractivity contribution in [3.8, 4) is 11.6 Å². The average molecular weight is 333 g/mol. The zero-order valence-electron chi connectivity index (χ0n) is 9.70. The van der Waals surface area contributed by atoms with Gasteiger partial charge in [-0.05, 0) is 46.6 Å². The van der Waals surface area contributed by atoms with E-state index >= 15 is 0 Å². The molecule has 0 aliphatic rings. The first-order chi connectivity index (χ1) is 8.88. The zero-order chi connectivity index (χ0) is 14.0. The van der Waals surface area contributed by atoms with Gasteiger partial charge in [0.1, 0.15) is 11.4 Å². The first-order valence-corrected chi connectivity index (χ1v) is 5.99. The number of aromatic nitrogens is 2. The summed E-state index contributed by atoms with van der Waals surface area (Å²) in [6.45, 7) is 1.85. The molecule has 19 heavy (non-hydrogen) atoms. The average Bonchev–Trinajstić information content (AvgIpc) is 2.35. The summed E-state index contributed by atoms with van der Waals surface area (Å²) in [5.41, 5.74) is -0.0546. The van der Waals surface area contributed by atoms with Crippen LogP contribution in [0.3, 0.4) is 0 Å². The number of ether oxygens (including phenoxy) is 1. The van der Waals surface area contributed by atoms with Crippen LogP contribution in [0.15, 0.2) is 35.1 Å². The molecule has 0 spiro atoms. The van der Waals surface area contributed by atoms with Crippen molar-refractivity contribution < 1.29 is 17.9 Å². The number of hydrogen-bond acceptors (Lipinski definition) is 3. The Morgan fingerprint density at radius 1 is 1.16 bits per heavy atom. The summed E-state index contributed by atoms with van der Waals surface area (Å²) in [5.74, 6) is 0.466. The monoisotopic (exact) mass is 332 g/mol. The Kier molecular flexibility index (Phi) is 3.75. The predicted molar refractivity (Wildman–Crippen MR) is 66.0 cm³/mol. The Morgan fingerprint density at radius 2 is 1.89 bits per heavy atom. The lowest BCUT2D eigenvalue weighted by Gasteiger charge is -2.09. The molecule has 3 nitrogen and oxygen atoms in total. The number of nitrogens with zero attached hydrogens (tertiary/aromatic N) is 2. The maximum atomic E-state index is 12.3. The van der Waals surface area contributed by atoms with Crippen molar-refractivity contribution in [3.05, 3.63) is 46.3 Å². The summed E-state index contributed by atoms with van der Waals surface area (Å²) in [5, 5.41) is 0. The van der Waals surface area contributed by atoms with Crippen LogP contribution >= 0.6 is 15.9 Å². The highest BCUT2D eigenvalue weighted by atomic mass is 79.9. The largest absolute Gasteiger partial charge is 0.436 e. The number of pyridine rings is 2. The first-order valence-electron chi connectivity index (χ1n) is 5.20. The van der Waals surface area contributed by atoms with Crippen LogP contribution in [0, 0.1) is 6.92 Å². The van der Waals surface area contributed by atoms with E-state index in [9.17, 15) is 13.2 Å². The van der Waals surface area contributed by atoms with E-state index in [1.165, 1.54) is 6.07 Å². The van der Waals surface area contributed by atoms with Crippen molar-refractivity contribution in [1.29, 1.82) is 0 Å². The van der Waals surface area contributed by atoms with Crippen LogP contribution in [0.4, 0.5) is 13.2 Å². The van der Waals surface area contributed by atoms with Gasteiger partial charge in [0, 0.05) is 6.20 Å². The molecule has 0 saturated carbocycles. The van der Waals surface area contributed by atoms with Crippen LogP contribution in [0.2, 0.25) is 0 Å². The number of halogens is 4. The highest BCUT2D eigenvalue weighted by Crippen LogP contribution is 2.31. The van der Waals surface area contributed by atoms with Crippen LogP contribution in [0.5, 0.6) is 11.6 Å². The Balaban J connectivity index is 2.23. The van der Waals surface area contributed by atoms with Crippen LogP contribution < -0.4 is 4.74 Å². The first kappa shape index (κ1) is 13.8. The molecule has 0 unspecified atom stereocenters. The number of rotatable bonds is 2. The molecule has 0 bridgehead atoms. The topological polar surface area (TPSA) is 35.0 Å². The summed E-state index contributed by atoms with van der Waals surface area (Å²) >= 11 is 3.30. The predicted octanol–water partition coefficient (Wildman–Crippen LogP) is 4.36. The lowest BCUT2D eigenvalue weighted by molar-refractivity contribution is -0.141. The van der Waals surface area contributed by atoms with Crippen molar-refractivity contribution in [2.45, 2.75) is 13.1 Å². The summed E-state index contributed by atoms with van der Waals surface area (Å²) < 4.78 is 43.0. The molecule has 0 radical (unpaired) electrons. The highest BCUT2D eigenvalue weighted by Gasteiger charge is 2.32. The lowest BCUT2D eigenvalue weighted by atomic mass is 10.3. The third-order valence-corrected chi connectivity index (χ3v) is 3.26. The van der Waals surface area contributed by atoms with E-state index in [4.69, 9.17) is 4.74 Å². The van der Waals surface area contributed by atoms with E-state index < -0.39 is 11.9 Å². The van der Waals surface area contributed by atoms with Gasteiger partial charge >= 0.3 is 6.18 Å². The van der Waals surface area contributed by atoms with Crippen LogP contribution in [-0.4, -0.2) is 9.97 Å². The molecule has 7 heteroatoms. The molecular formula is C12H8BrF3N2O. The zero-order valence-corrected chi connectivity index (χ0v) is 11.3. The molecule has 0 aromatic carbocycles. The lowest BCUT2D eigenvalue weighted by Crippen LogP contribution is -2.07. The minimum absolute atomic E-state index is 0.187. The molecule has 0 atom stereocenters. The second-order valence-corrected chi connectivity index (χ2v) is 4.52. The summed E-state index contributed by atoms with van der Waals surface area (Å²) in [6, 6.07) is 3.84. The number of aryl methyl sites for hydroxylation is 1. The molecule has 2 heterocycles. The molecule has 0 N–H and O–H groups in total. The van der Waals surface area contributed by atoms with Crippen molar-refractivity contribution in [2.24, 2.45) is 0 Å². The van der Waals surface area contributed by atoms with Gasteiger partial charge in [-0.3, -0.25) is 0 Å². The van der Waals surface area contributed by atoms with E-state index in [-0.39, 0.29) is 11.6 Å². The smallest absolute Gasteiger partial charge is 0.433 e. The normalized spacial score (nSPS) is 11.4. The van der Waals surface area contributed by atoms with Crippen molar-refractivity contribution in [3.63, 3.8) is 0 Å². The maximum absolute atomic E-state index is 12.3. The van der Waals surface area contributed by atoms with E-state index in [0.717, 1.165) is 17.8 Å². The Hall–Kier alpha value is -1.63. The SMILES string of the molecule is Cc1ccnc(Oc2ccc(C(F)(F)F)nc2)c1Br. The number of hydrogen-bond donors (Lipinski definition) is 0. The van der Waals surface area contributed by atoms with Crippen LogP contribution in [-0.2, 0) is 6.18 Å². The Morgan fingerprint density at radius 3 is 2.47 bits per heavy atom. The van der Waals surface area contributed by atoms with Crippen LogP contribution in [0.25, 0.3) is 0 Å². The molecule has 2 rings (SSSR count). The molecule has 0 aliphatic carbocycles. The Bertz CT molecular complexity index is 585. The maximum Gasteiger partial charge on any atom is 0.433 e. The van der Waals surface area contributed by atoms with Gasteiger partial charge in [-0.15, -0.1) is 0 Å². The second kappa shape index (κ2) is 5.16. The number of alkyl halides is 3. The van der Waals surface area contributed by atoms with Gasteiger partial charge in [0.05, 0.1) is 10.7 Å². The van der Waals surface area contributed by atoms with Gasteiger partial charge in [-0.1, -0.05) is 0 Å². The van der Waals surface area contributed by atoms with Crippen molar-refractivity contribution in [2.75, 3.05) is 0 Å². The van der Waals surface area contributed by atoms with E-state index in [1.54, 1.807) is 12.3 Å². The van der Waals surface area contributed by atoms with Gasteiger partial charge in [0.2, 0.25) is 5.88 Å². The van der Waals surface area contributed by atoms with Crippen LogP contribution in [0.1, 0.15) is 11.3 Å². The molecular weight excluding hydrogens is 325 g/mol. The third-order valence-electron chi connectivity index (χ3n) is 2.29. The fourth-order valence-electron chi connectivity index (χ4n) is 1.31. The van der Waals surface area contributed by atoms with E-state index in [0.29, 0.717) is 4.47 Å². The summed E-state index contributed by atoms with van der Waals surface area (Å²) in [6.07, 6.45) is -1.90. The molecule has 0 aliphatic heterocycles. The van der Waals surface area contributed by atoms with E-state index in [1.807, 2.05) is 6.92 Å². The molecule has 0 amide bonds. The van der Waals surface area contributed by atoms with Crippen molar-refractivity contribution in [1.82, 2.24) is 9.97 Å². The second-order valence-electron chi connectivity index (χ2n) is 3.73. The highest BCUT2D eigenvalue weighted by molar-refractivity contribution is 9.10. The minimum atomic E-state index is -4.46. The minimum Gasteiger partial charge on any atom is -0.436 e. The quantitative estimate of drug-likeness (QED) is 0.819. The molecule has 100 valence electrons. The Labute approximate surface area is 115 Å². The fraction of sp³-hybridized carbons (Fsp3) is 0.167. The van der Waals surface area contributed by atoms with Gasteiger partial charge < -0.3 is 4.74 Å². The molecule has 0 saturated heterocycles.